The summed E-state index contributed by atoms with van der Waals surface area (Å²) in [5.41, 5.74) is -0.654. The van der Waals surface area contributed by atoms with Crippen LogP contribution in [0.15, 0.2) is 48.0 Å². The smallest absolute Gasteiger partial charge is 0.430 e. The predicted molar refractivity (Wildman–Crippen MR) is 85.6 cm³/mol. The number of benzene rings is 2. The SMILES string of the molecule is COc1ccccc1Oc1ccc2c(c1)OC(C(F)(F)F)C(C(=O)O)=C2. The van der Waals surface area contributed by atoms with E-state index in [1.807, 2.05) is 0 Å². The Bertz CT molecular complexity index is 873. The molecule has 0 saturated carbocycles. The molecular weight excluding hydrogens is 353 g/mol. The van der Waals surface area contributed by atoms with Crippen molar-refractivity contribution >= 4 is 12.0 Å². The minimum atomic E-state index is -4.86. The Morgan fingerprint density at radius 3 is 2.46 bits per heavy atom. The number of ether oxygens (including phenoxy) is 3. The van der Waals surface area contributed by atoms with Gasteiger partial charge in [0.05, 0.1) is 12.7 Å². The van der Waals surface area contributed by atoms with Crippen LogP contribution in [-0.2, 0) is 4.79 Å². The third kappa shape index (κ3) is 3.44. The van der Waals surface area contributed by atoms with Gasteiger partial charge >= 0.3 is 12.1 Å². The van der Waals surface area contributed by atoms with Crippen molar-refractivity contribution in [2.24, 2.45) is 0 Å². The standard InChI is InChI=1S/C18H13F3O5/c1-24-13-4-2-3-5-14(13)25-11-7-6-10-8-12(17(22)23)16(18(19,20)21)26-15(10)9-11/h2-9,16H,1H3,(H,22,23). The van der Waals surface area contributed by atoms with Gasteiger partial charge in [-0.2, -0.15) is 13.2 Å². The molecule has 1 atom stereocenters. The van der Waals surface area contributed by atoms with E-state index < -0.39 is 23.8 Å². The van der Waals surface area contributed by atoms with E-state index in [1.165, 1.54) is 25.3 Å². The molecule has 0 aromatic heterocycles. The van der Waals surface area contributed by atoms with Crippen molar-refractivity contribution < 1.29 is 37.3 Å². The molecule has 5 nitrogen and oxygen atoms in total. The number of methoxy groups -OCH3 is 1. The lowest BCUT2D eigenvalue weighted by molar-refractivity contribution is -0.187. The summed E-state index contributed by atoms with van der Waals surface area (Å²) < 4.78 is 55.1. The lowest BCUT2D eigenvalue weighted by Crippen LogP contribution is -2.40. The van der Waals surface area contributed by atoms with Crippen LogP contribution in [-0.4, -0.2) is 30.5 Å². The summed E-state index contributed by atoms with van der Waals surface area (Å²) in [6, 6.07) is 11.0. The van der Waals surface area contributed by atoms with Crippen molar-refractivity contribution in [2.75, 3.05) is 7.11 Å². The Labute approximate surface area is 146 Å². The van der Waals surface area contributed by atoms with Gasteiger partial charge in [0.2, 0.25) is 6.10 Å². The summed E-state index contributed by atoms with van der Waals surface area (Å²) in [5, 5.41) is 9.02. The van der Waals surface area contributed by atoms with Crippen LogP contribution in [0.5, 0.6) is 23.0 Å². The molecule has 1 unspecified atom stereocenters. The average molecular weight is 366 g/mol. The molecule has 0 bridgehead atoms. The topological polar surface area (TPSA) is 65.0 Å². The average Bonchev–Trinajstić information content (AvgIpc) is 2.60. The van der Waals surface area contributed by atoms with Crippen LogP contribution in [0.25, 0.3) is 6.08 Å². The summed E-state index contributed by atoms with van der Waals surface area (Å²) in [7, 11) is 1.46. The lowest BCUT2D eigenvalue weighted by atomic mass is 10.0. The van der Waals surface area contributed by atoms with Gasteiger partial charge in [-0.25, -0.2) is 4.79 Å². The first-order chi connectivity index (χ1) is 12.3. The van der Waals surface area contributed by atoms with Gasteiger partial charge in [0.15, 0.2) is 11.5 Å². The van der Waals surface area contributed by atoms with Gasteiger partial charge in [0.25, 0.3) is 0 Å². The number of carboxylic acid groups (broad SMARTS) is 1. The maximum atomic E-state index is 13.1. The van der Waals surface area contributed by atoms with Gasteiger partial charge < -0.3 is 19.3 Å². The first-order valence-electron chi connectivity index (χ1n) is 7.43. The third-order valence-corrected chi connectivity index (χ3v) is 3.66. The molecule has 0 amide bonds. The monoisotopic (exact) mass is 366 g/mol. The van der Waals surface area contributed by atoms with Crippen molar-refractivity contribution in [2.45, 2.75) is 12.3 Å². The summed E-state index contributed by atoms with van der Waals surface area (Å²) in [6.07, 6.45) is -6.46. The molecule has 136 valence electrons. The molecule has 3 rings (SSSR count). The number of halogens is 3. The molecule has 1 N–H and O–H groups in total. The lowest BCUT2D eigenvalue weighted by Gasteiger charge is -2.27. The van der Waals surface area contributed by atoms with Crippen LogP contribution in [0.2, 0.25) is 0 Å². The van der Waals surface area contributed by atoms with Gasteiger partial charge in [0, 0.05) is 11.6 Å². The fraction of sp³-hybridized carbons (Fsp3) is 0.167. The molecule has 1 heterocycles. The number of hydrogen-bond acceptors (Lipinski definition) is 4. The zero-order valence-corrected chi connectivity index (χ0v) is 13.4. The molecule has 2 aromatic carbocycles. The fourth-order valence-electron chi connectivity index (χ4n) is 2.48. The van der Waals surface area contributed by atoms with E-state index in [0.29, 0.717) is 11.5 Å². The number of carbonyl (C=O) groups is 1. The second-order valence-electron chi connectivity index (χ2n) is 5.40. The quantitative estimate of drug-likeness (QED) is 0.875. The van der Waals surface area contributed by atoms with E-state index in [-0.39, 0.29) is 17.1 Å². The van der Waals surface area contributed by atoms with Crippen molar-refractivity contribution in [3.8, 4) is 23.0 Å². The Balaban J connectivity index is 1.96. The number of fused-ring (bicyclic) bond motifs is 1. The van der Waals surface area contributed by atoms with Crippen LogP contribution >= 0.6 is 0 Å². The second-order valence-corrected chi connectivity index (χ2v) is 5.40. The minimum Gasteiger partial charge on any atom is -0.493 e. The first-order valence-corrected chi connectivity index (χ1v) is 7.43. The van der Waals surface area contributed by atoms with E-state index in [2.05, 4.69) is 0 Å². The second kappa shape index (κ2) is 6.62. The fourth-order valence-corrected chi connectivity index (χ4v) is 2.48. The van der Waals surface area contributed by atoms with Crippen molar-refractivity contribution in [3.63, 3.8) is 0 Å². The molecule has 1 aliphatic heterocycles. The van der Waals surface area contributed by atoms with E-state index in [1.54, 1.807) is 24.3 Å². The molecule has 0 fully saturated rings. The molecule has 8 heteroatoms. The van der Waals surface area contributed by atoms with E-state index in [0.717, 1.165) is 6.08 Å². The van der Waals surface area contributed by atoms with Crippen LogP contribution < -0.4 is 14.2 Å². The highest BCUT2D eigenvalue weighted by molar-refractivity contribution is 5.95. The molecule has 1 aliphatic rings. The third-order valence-electron chi connectivity index (χ3n) is 3.66. The molecule has 0 radical (unpaired) electrons. The zero-order valence-electron chi connectivity index (χ0n) is 13.4. The number of hydrogen-bond donors (Lipinski definition) is 1. The van der Waals surface area contributed by atoms with E-state index in [9.17, 15) is 18.0 Å². The highest BCUT2D eigenvalue weighted by atomic mass is 19.4. The van der Waals surface area contributed by atoms with Crippen LogP contribution in [0.4, 0.5) is 13.2 Å². The Hall–Kier alpha value is -3.16. The Morgan fingerprint density at radius 2 is 1.85 bits per heavy atom. The van der Waals surface area contributed by atoms with Gasteiger partial charge in [0.1, 0.15) is 11.5 Å². The number of para-hydroxylation sites is 2. The van der Waals surface area contributed by atoms with Crippen molar-refractivity contribution in [1.29, 1.82) is 0 Å². The van der Waals surface area contributed by atoms with Gasteiger partial charge in [-0.3, -0.25) is 0 Å². The molecule has 0 spiro atoms. The van der Waals surface area contributed by atoms with E-state index >= 15 is 0 Å². The number of carboxylic acids is 1. The highest BCUT2D eigenvalue weighted by Crippen LogP contribution is 2.40. The highest BCUT2D eigenvalue weighted by Gasteiger charge is 2.48. The largest absolute Gasteiger partial charge is 0.493 e. The molecule has 26 heavy (non-hydrogen) atoms. The zero-order chi connectivity index (χ0) is 18.9. The Morgan fingerprint density at radius 1 is 1.15 bits per heavy atom. The normalized spacial score (nSPS) is 16.2. The maximum Gasteiger partial charge on any atom is 0.430 e. The van der Waals surface area contributed by atoms with Gasteiger partial charge in [-0.15, -0.1) is 0 Å². The number of alkyl halides is 3. The van der Waals surface area contributed by atoms with Crippen LogP contribution in [0.3, 0.4) is 0 Å². The minimum absolute atomic E-state index is 0.121. The van der Waals surface area contributed by atoms with Crippen LogP contribution in [0, 0.1) is 0 Å². The van der Waals surface area contributed by atoms with Gasteiger partial charge in [-0.1, -0.05) is 12.1 Å². The van der Waals surface area contributed by atoms with Crippen LogP contribution in [0.1, 0.15) is 5.56 Å². The summed E-state index contributed by atoms with van der Waals surface area (Å²) in [4.78, 5) is 11.1. The predicted octanol–water partition coefficient (Wildman–Crippen LogP) is 4.28. The maximum absolute atomic E-state index is 13.1. The summed E-state index contributed by atoms with van der Waals surface area (Å²) in [6.45, 7) is 0. The van der Waals surface area contributed by atoms with Crippen molar-refractivity contribution in [3.05, 3.63) is 53.6 Å². The summed E-state index contributed by atoms with van der Waals surface area (Å²) >= 11 is 0. The summed E-state index contributed by atoms with van der Waals surface area (Å²) in [5.74, 6) is -0.759. The Kier molecular flexibility index (Phi) is 4.50. The first kappa shape index (κ1) is 17.7. The van der Waals surface area contributed by atoms with Crippen molar-refractivity contribution in [1.82, 2.24) is 0 Å². The van der Waals surface area contributed by atoms with Gasteiger partial charge in [-0.05, 0) is 30.3 Å². The number of aliphatic carboxylic acids is 1. The molecule has 0 aliphatic carbocycles. The molecule has 2 aromatic rings. The molecular formula is C18H13F3O5. The molecule has 0 saturated heterocycles. The number of rotatable bonds is 4. The van der Waals surface area contributed by atoms with E-state index in [4.69, 9.17) is 19.3 Å².